The molecule has 0 saturated carbocycles. The number of aromatic carboxylic acids is 1. The quantitative estimate of drug-likeness (QED) is 0.387. The number of aliphatic hydroxyl groups excluding tert-OH is 1. The first kappa shape index (κ1) is 22.6. The van der Waals surface area contributed by atoms with Crippen LogP contribution in [0, 0.1) is 11.6 Å². The molecule has 0 amide bonds. The third-order valence-corrected chi connectivity index (χ3v) is 6.53. The molecular weight excluding hydrogens is 474 g/mol. The van der Waals surface area contributed by atoms with Crippen molar-refractivity contribution >= 4 is 17.0 Å². The van der Waals surface area contributed by atoms with Crippen molar-refractivity contribution in [2.75, 3.05) is 13.2 Å². The summed E-state index contributed by atoms with van der Waals surface area (Å²) in [4.78, 5) is 18.0. The van der Waals surface area contributed by atoms with Crippen molar-refractivity contribution in [1.29, 1.82) is 0 Å². The number of ether oxygens (including phenoxy) is 3. The van der Waals surface area contributed by atoms with Crippen LogP contribution in [0.15, 0.2) is 54.6 Å². The molecule has 1 aromatic heterocycles. The second kappa shape index (κ2) is 8.66. The predicted molar refractivity (Wildman–Crippen MR) is 124 cm³/mol. The molecule has 3 heterocycles. The summed E-state index contributed by atoms with van der Waals surface area (Å²) in [6.07, 6.45) is -2.23. The van der Waals surface area contributed by atoms with Gasteiger partial charge in [-0.3, -0.25) is 0 Å². The van der Waals surface area contributed by atoms with Gasteiger partial charge in [-0.15, -0.1) is 0 Å². The monoisotopic (exact) mass is 494 g/mol. The lowest BCUT2D eigenvalue weighted by molar-refractivity contribution is 0.00706. The third kappa shape index (κ3) is 3.79. The van der Waals surface area contributed by atoms with Gasteiger partial charge in [-0.05, 0) is 28.8 Å². The lowest BCUT2D eigenvalue weighted by Crippen LogP contribution is -2.34. The van der Waals surface area contributed by atoms with Gasteiger partial charge in [0.1, 0.15) is 29.6 Å². The van der Waals surface area contributed by atoms with E-state index in [1.54, 1.807) is 36.4 Å². The lowest BCUT2D eigenvalue weighted by atomic mass is 9.98. The highest BCUT2D eigenvalue weighted by molar-refractivity contribution is 5.88. The number of aliphatic hydroxyl groups is 1. The maximum absolute atomic E-state index is 15.4. The van der Waals surface area contributed by atoms with Crippen LogP contribution >= 0.6 is 0 Å². The average Bonchev–Trinajstić information content (AvgIpc) is 3.57. The van der Waals surface area contributed by atoms with Crippen LogP contribution in [0.5, 0.6) is 6.01 Å². The van der Waals surface area contributed by atoms with Gasteiger partial charge in [0.25, 0.3) is 6.01 Å². The van der Waals surface area contributed by atoms with Gasteiger partial charge in [0.05, 0.1) is 29.9 Å². The molecule has 0 bridgehead atoms. The van der Waals surface area contributed by atoms with Crippen molar-refractivity contribution < 1.29 is 38.0 Å². The first-order valence-electron chi connectivity index (χ1n) is 11.3. The Kier molecular flexibility index (Phi) is 5.44. The Morgan fingerprint density at radius 3 is 2.31 bits per heavy atom. The van der Waals surface area contributed by atoms with Crippen LogP contribution < -0.4 is 4.74 Å². The molecule has 3 aromatic carbocycles. The molecule has 8 nitrogen and oxygen atoms in total. The Hall–Kier alpha value is -3.86. The number of H-pyrrole nitrogens is 1. The minimum Gasteiger partial charge on any atom is -0.478 e. The number of carboxylic acids is 1. The fourth-order valence-corrected chi connectivity index (χ4v) is 4.70. The van der Waals surface area contributed by atoms with E-state index in [1.165, 1.54) is 12.1 Å². The Morgan fingerprint density at radius 2 is 1.61 bits per heavy atom. The Bertz CT molecular complexity index is 1450. The summed E-state index contributed by atoms with van der Waals surface area (Å²) >= 11 is 0. The van der Waals surface area contributed by atoms with E-state index < -0.39 is 42.0 Å². The van der Waals surface area contributed by atoms with Crippen LogP contribution in [-0.4, -0.2) is 63.8 Å². The van der Waals surface area contributed by atoms with Crippen LogP contribution in [-0.2, 0) is 9.47 Å². The van der Waals surface area contributed by atoms with Crippen LogP contribution in [0.2, 0.25) is 0 Å². The minimum absolute atomic E-state index is 0.000143. The fraction of sp³-hybridized carbons (Fsp3) is 0.231. The average molecular weight is 494 g/mol. The van der Waals surface area contributed by atoms with Gasteiger partial charge in [-0.1, -0.05) is 36.4 Å². The smallest absolute Gasteiger partial charge is 0.335 e. The summed E-state index contributed by atoms with van der Waals surface area (Å²) in [5.74, 6) is -2.61. The SMILES string of the molecule is O=C(O)c1ccc(-c2ccc(-c3c(F)cc4[nH]c(O[C@H]5COC6C5OC[C@@H]6O)nc4c3F)cc2)cc1. The first-order chi connectivity index (χ1) is 17.4. The van der Waals surface area contributed by atoms with E-state index in [9.17, 15) is 14.3 Å². The van der Waals surface area contributed by atoms with Gasteiger partial charge in [-0.25, -0.2) is 13.6 Å². The van der Waals surface area contributed by atoms with E-state index in [4.69, 9.17) is 19.3 Å². The highest BCUT2D eigenvalue weighted by Crippen LogP contribution is 2.34. The lowest BCUT2D eigenvalue weighted by Gasteiger charge is -2.15. The standard InChI is InChI=1S/C26H20F2N2O6/c27-16-9-17-22(30-26(29-17)36-19-11-35-23-18(31)10-34-24(19)23)21(28)20(16)14-5-1-12(2-6-14)13-3-7-15(8-4-13)25(32)33/h1-9,18-19,23-24,31H,10-11H2,(H,29,30)(H,32,33)/t18-,19-,23?,24?/m0/s1. The molecule has 184 valence electrons. The molecule has 2 aliphatic heterocycles. The molecule has 0 radical (unpaired) electrons. The molecule has 4 aromatic rings. The number of aromatic amines is 1. The van der Waals surface area contributed by atoms with E-state index in [-0.39, 0.29) is 41.4 Å². The zero-order valence-electron chi connectivity index (χ0n) is 18.7. The zero-order chi connectivity index (χ0) is 25.0. The highest BCUT2D eigenvalue weighted by Gasteiger charge is 2.48. The van der Waals surface area contributed by atoms with E-state index in [1.807, 2.05) is 0 Å². The summed E-state index contributed by atoms with van der Waals surface area (Å²) in [6.45, 7) is 0.321. The molecule has 6 rings (SSSR count). The fourth-order valence-electron chi connectivity index (χ4n) is 4.70. The van der Waals surface area contributed by atoms with Crippen LogP contribution in [0.1, 0.15) is 10.4 Å². The number of hydrogen-bond acceptors (Lipinski definition) is 6. The molecule has 0 aliphatic carbocycles. The number of carbonyl (C=O) groups is 1. The molecule has 2 fully saturated rings. The van der Waals surface area contributed by atoms with Crippen molar-refractivity contribution in [1.82, 2.24) is 9.97 Å². The topological polar surface area (TPSA) is 114 Å². The second-order valence-electron chi connectivity index (χ2n) is 8.76. The molecule has 2 unspecified atom stereocenters. The number of aromatic nitrogens is 2. The Balaban J connectivity index is 1.27. The maximum Gasteiger partial charge on any atom is 0.335 e. The second-order valence-corrected chi connectivity index (χ2v) is 8.76. The molecule has 36 heavy (non-hydrogen) atoms. The summed E-state index contributed by atoms with van der Waals surface area (Å²) in [7, 11) is 0. The number of nitrogens with one attached hydrogen (secondary N) is 1. The number of hydrogen-bond donors (Lipinski definition) is 3. The number of fused-ring (bicyclic) bond motifs is 2. The van der Waals surface area contributed by atoms with Crippen LogP contribution in [0.25, 0.3) is 33.3 Å². The van der Waals surface area contributed by atoms with Crippen molar-refractivity contribution in [3.05, 3.63) is 71.8 Å². The number of halogens is 2. The van der Waals surface area contributed by atoms with Gasteiger partial charge >= 0.3 is 5.97 Å². The van der Waals surface area contributed by atoms with Gasteiger partial charge in [0.15, 0.2) is 11.9 Å². The predicted octanol–water partition coefficient (Wildman–Crippen LogP) is 3.78. The summed E-state index contributed by atoms with van der Waals surface area (Å²) in [5.41, 5.74) is 1.88. The van der Waals surface area contributed by atoms with Crippen LogP contribution in [0.4, 0.5) is 8.78 Å². The summed E-state index contributed by atoms with van der Waals surface area (Å²) in [5, 5.41) is 18.9. The van der Waals surface area contributed by atoms with Crippen LogP contribution in [0.3, 0.4) is 0 Å². The maximum atomic E-state index is 15.4. The van der Waals surface area contributed by atoms with E-state index in [2.05, 4.69) is 9.97 Å². The number of imidazole rings is 1. The van der Waals surface area contributed by atoms with E-state index in [0.717, 1.165) is 17.2 Å². The van der Waals surface area contributed by atoms with E-state index in [0.29, 0.717) is 5.56 Å². The van der Waals surface area contributed by atoms with E-state index >= 15 is 4.39 Å². The number of rotatable bonds is 5. The van der Waals surface area contributed by atoms with Crippen molar-refractivity contribution in [2.24, 2.45) is 0 Å². The normalized spacial score (nSPS) is 23.2. The van der Waals surface area contributed by atoms with Gasteiger partial charge in [-0.2, -0.15) is 4.98 Å². The largest absolute Gasteiger partial charge is 0.478 e. The molecular formula is C26H20F2N2O6. The molecule has 2 aliphatic rings. The minimum atomic E-state index is -1.02. The zero-order valence-corrected chi connectivity index (χ0v) is 18.7. The number of carboxylic acid groups (broad SMARTS) is 1. The highest BCUT2D eigenvalue weighted by atomic mass is 19.1. The summed E-state index contributed by atoms with van der Waals surface area (Å²) in [6, 6.07) is 14.1. The number of benzene rings is 3. The van der Waals surface area contributed by atoms with Gasteiger partial charge in [0.2, 0.25) is 0 Å². The molecule has 0 spiro atoms. The Labute approximate surface area is 203 Å². The molecule has 4 atom stereocenters. The molecule has 10 heteroatoms. The summed E-state index contributed by atoms with van der Waals surface area (Å²) < 4.78 is 47.3. The number of nitrogens with zero attached hydrogens (tertiary/aromatic N) is 1. The van der Waals surface area contributed by atoms with Crippen molar-refractivity contribution in [3.8, 4) is 28.3 Å². The molecule has 3 N–H and O–H groups in total. The first-order valence-corrected chi connectivity index (χ1v) is 11.3. The van der Waals surface area contributed by atoms with Crippen molar-refractivity contribution in [2.45, 2.75) is 24.4 Å². The third-order valence-electron chi connectivity index (χ3n) is 6.53. The van der Waals surface area contributed by atoms with Gasteiger partial charge < -0.3 is 29.4 Å². The van der Waals surface area contributed by atoms with Crippen molar-refractivity contribution in [3.63, 3.8) is 0 Å². The molecule has 2 saturated heterocycles. The Morgan fingerprint density at radius 1 is 0.972 bits per heavy atom. The van der Waals surface area contributed by atoms with Gasteiger partial charge in [0, 0.05) is 6.07 Å².